The largest absolute Gasteiger partial charge is 0.493 e. The first-order valence-electron chi connectivity index (χ1n) is 10.5. The van der Waals surface area contributed by atoms with E-state index in [4.69, 9.17) is 4.74 Å². The van der Waals surface area contributed by atoms with Gasteiger partial charge in [-0.15, -0.1) is 0 Å². The molecule has 0 atom stereocenters. The Morgan fingerprint density at radius 2 is 1.78 bits per heavy atom. The van der Waals surface area contributed by atoms with Crippen LogP contribution in [-0.2, 0) is 11.0 Å². The molecule has 0 N–H and O–H groups in total. The van der Waals surface area contributed by atoms with Crippen molar-refractivity contribution in [2.45, 2.75) is 32.9 Å². The van der Waals surface area contributed by atoms with Gasteiger partial charge in [0.15, 0.2) is 11.4 Å². The molecule has 0 bridgehead atoms. The van der Waals surface area contributed by atoms with Gasteiger partial charge in [0.05, 0.1) is 24.6 Å². The van der Waals surface area contributed by atoms with Crippen LogP contribution in [0.25, 0.3) is 5.69 Å². The number of piperazine rings is 1. The summed E-state index contributed by atoms with van der Waals surface area (Å²) >= 11 is 0. The molecule has 1 aromatic heterocycles. The van der Waals surface area contributed by atoms with Gasteiger partial charge in [0.25, 0.3) is 5.91 Å². The average molecular weight is 452 g/mol. The van der Waals surface area contributed by atoms with Crippen LogP contribution in [0.4, 0.5) is 13.2 Å². The normalized spacial score (nSPS) is 14.7. The van der Waals surface area contributed by atoms with Crippen LogP contribution in [0, 0.1) is 5.92 Å². The van der Waals surface area contributed by atoms with Crippen molar-refractivity contribution in [3.63, 3.8) is 0 Å². The standard InChI is InChI=1S/C22H27F3N4O3/c1-15(2)7-8-19(30)27-9-11-28(12-10-27)21(31)20-18(32-3)14-29(26-20)17-6-4-5-16(13-17)22(23,24)25/h4-6,13-15H,7-12H2,1-3H3. The minimum atomic E-state index is -4.49. The molecule has 7 nitrogen and oxygen atoms in total. The molecule has 1 aliphatic rings. The van der Waals surface area contributed by atoms with Crippen molar-refractivity contribution in [2.75, 3.05) is 33.3 Å². The summed E-state index contributed by atoms with van der Waals surface area (Å²) in [6, 6.07) is 4.68. The Labute approximate surface area is 184 Å². The number of hydrogen-bond donors (Lipinski definition) is 0. The lowest BCUT2D eigenvalue weighted by atomic mass is 10.1. The second-order valence-electron chi connectivity index (χ2n) is 8.14. The van der Waals surface area contributed by atoms with Gasteiger partial charge in [0, 0.05) is 32.6 Å². The molecule has 3 rings (SSSR count). The number of methoxy groups -OCH3 is 1. The van der Waals surface area contributed by atoms with Crippen LogP contribution in [0.1, 0.15) is 42.7 Å². The molecule has 1 aromatic carbocycles. The van der Waals surface area contributed by atoms with Crippen molar-refractivity contribution in [3.8, 4) is 11.4 Å². The van der Waals surface area contributed by atoms with E-state index in [9.17, 15) is 22.8 Å². The number of rotatable bonds is 6. The zero-order valence-electron chi connectivity index (χ0n) is 18.4. The van der Waals surface area contributed by atoms with Crippen LogP contribution in [0.3, 0.4) is 0 Å². The van der Waals surface area contributed by atoms with E-state index in [-0.39, 0.29) is 28.9 Å². The van der Waals surface area contributed by atoms with E-state index in [0.717, 1.165) is 18.6 Å². The molecule has 1 aliphatic heterocycles. The highest BCUT2D eigenvalue weighted by atomic mass is 19.4. The predicted molar refractivity (Wildman–Crippen MR) is 112 cm³/mol. The molecule has 0 spiro atoms. The first kappa shape index (κ1) is 23.6. The molecule has 0 aliphatic carbocycles. The van der Waals surface area contributed by atoms with E-state index < -0.39 is 11.7 Å². The maximum atomic E-state index is 13.0. The van der Waals surface area contributed by atoms with E-state index in [1.807, 2.05) is 0 Å². The third kappa shape index (κ3) is 5.41. The highest BCUT2D eigenvalue weighted by molar-refractivity contribution is 5.95. The number of ether oxygens (including phenoxy) is 1. The number of carbonyl (C=O) groups is 2. The summed E-state index contributed by atoms with van der Waals surface area (Å²) in [5.74, 6) is 0.308. The van der Waals surface area contributed by atoms with Gasteiger partial charge in [0.2, 0.25) is 5.91 Å². The number of alkyl halides is 3. The summed E-state index contributed by atoms with van der Waals surface area (Å²) in [5.41, 5.74) is -0.627. The summed E-state index contributed by atoms with van der Waals surface area (Å²) in [7, 11) is 1.37. The van der Waals surface area contributed by atoms with Gasteiger partial charge in [0.1, 0.15) is 0 Å². The van der Waals surface area contributed by atoms with E-state index in [1.54, 1.807) is 9.80 Å². The summed E-state index contributed by atoms with van der Waals surface area (Å²) in [4.78, 5) is 28.7. The molecular formula is C22H27F3N4O3. The lowest BCUT2D eigenvalue weighted by Gasteiger charge is -2.34. The van der Waals surface area contributed by atoms with Crippen molar-refractivity contribution >= 4 is 11.8 Å². The van der Waals surface area contributed by atoms with Gasteiger partial charge >= 0.3 is 6.18 Å². The number of benzene rings is 1. The summed E-state index contributed by atoms with van der Waals surface area (Å²) < 4.78 is 45.6. The van der Waals surface area contributed by atoms with Crippen molar-refractivity contribution in [2.24, 2.45) is 5.92 Å². The fourth-order valence-electron chi connectivity index (χ4n) is 3.49. The molecule has 2 heterocycles. The number of carbonyl (C=O) groups excluding carboxylic acids is 2. The fourth-order valence-corrected chi connectivity index (χ4v) is 3.49. The van der Waals surface area contributed by atoms with E-state index in [1.165, 1.54) is 30.1 Å². The van der Waals surface area contributed by atoms with Crippen molar-refractivity contribution < 1.29 is 27.5 Å². The number of hydrogen-bond acceptors (Lipinski definition) is 4. The van der Waals surface area contributed by atoms with Crippen molar-refractivity contribution in [1.29, 1.82) is 0 Å². The molecule has 0 saturated carbocycles. The highest BCUT2D eigenvalue weighted by Gasteiger charge is 2.31. The molecule has 2 aromatic rings. The maximum absolute atomic E-state index is 13.0. The molecule has 32 heavy (non-hydrogen) atoms. The second-order valence-corrected chi connectivity index (χ2v) is 8.14. The average Bonchev–Trinajstić information content (AvgIpc) is 3.21. The van der Waals surface area contributed by atoms with Crippen LogP contribution in [0.2, 0.25) is 0 Å². The quantitative estimate of drug-likeness (QED) is 0.672. The van der Waals surface area contributed by atoms with Crippen LogP contribution in [-0.4, -0.2) is 64.7 Å². The summed E-state index contributed by atoms with van der Waals surface area (Å²) in [6.45, 7) is 5.70. The minimum absolute atomic E-state index is 0.0181. The van der Waals surface area contributed by atoms with Gasteiger partial charge in [-0.1, -0.05) is 19.9 Å². The zero-order chi connectivity index (χ0) is 23.5. The second kappa shape index (κ2) is 9.62. The third-order valence-electron chi connectivity index (χ3n) is 5.40. The Kier molecular flexibility index (Phi) is 7.10. The molecule has 1 saturated heterocycles. The van der Waals surface area contributed by atoms with Gasteiger partial charge in [-0.25, -0.2) is 4.68 Å². The Balaban J connectivity index is 1.72. The van der Waals surface area contributed by atoms with Gasteiger partial charge < -0.3 is 14.5 Å². The number of halogens is 3. The Bertz CT molecular complexity index is 964. The summed E-state index contributed by atoms with van der Waals surface area (Å²) in [5, 5.41) is 4.21. The molecule has 10 heteroatoms. The van der Waals surface area contributed by atoms with Gasteiger partial charge in [-0.3, -0.25) is 9.59 Å². The number of amides is 2. The topological polar surface area (TPSA) is 67.7 Å². The molecule has 0 unspecified atom stereocenters. The minimum Gasteiger partial charge on any atom is -0.493 e. The third-order valence-corrected chi connectivity index (χ3v) is 5.40. The van der Waals surface area contributed by atoms with E-state index in [2.05, 4.69) is 18.9 Å². The molecular weight excluding hydrogens is 425 g/mol. The number of aromatic nitrogens is 2. The first-order valence-corrected chi connectivity index (χ1v) is 10.5. The molecule has 2 amide bonds. The Morgan fingerprint density at radius 1 is 1.12 bits per heavy atom. The summed E-state index contributed by atoms with van der Waals surface area (Å²) in [6.07, 6.45) is -1.80. The highest BCUT2D eigenvalue weighted by Crippen LogP contribution is 2.31. The Hall–Kier alpha value is -3.04. The first-order chi connectivity index (χ1) is 15.1. The van der Waals surface area contributed by atoms with Gasteiger partial charge in [-0.05, 0) is 30.5 Å². The predicted octanol–water partition coefficient (Wildman–Crippen LogP) is 3.62. The number of nitrogens with zero attached hydrogens (tertiary/aromatic N) is 4. The molecule has 1 fully saturated rings. The van der Waals surface area contributed by atoms with Crippen molar-refractivity contribution in [3.05, 3.63) is 41.7 Å². The van der Waals surface area contributed by atoms with Crippen LogP contribution >= 0.6 is 0 Å². The van der Waals surface area contributed by atoms with E-state index >= 15 is 0 Å². The lowest BCUT2D eigenvalue weighted by Crippen LogP contribution is -2.50. The zero-order valence-corrected chi connectivity index (χ0v) is 18.4. The van der Waals surface area contributed by atoms with Gasteiger partial charge in [-0.2, -0.15) is 18.3 Å². The van der Waals surface area contributed by atoms with Crippen LogP contribution in [0.15, 0.2) is 30.5 Å². The smallest absolute Gasteiger partial charge is 0.416 e. The Morgan fingerprint density at radius 3 is 2.38 bits per heavy atom. The van der Waals surface area contributed by atoms with Crippen LogP contribution < -0.4 is 4.74 Å². The molecule has 174 valence electrons. The van der Waals surface area contributed by atoms with E-state index in [0.29, 0.717) is 38.5 Å². The van der Waals surface area contributed by atoms with Crippen LogP contribution in [0.5, 0.6) is 5.75 Å². The monoisotopic (exact) mass is 452 g/mol. The fraction of sp³-hybridized carbons (Fsp3) is 0.500. The molecule has 0 radical (unpaired) electrons. The van der Waals surface area contributed by atoms with Crippen molar-refractivity contribution in [1.82, 2.24) is 19.6 Å². The lowest BCUT2D eigenvalue weighted by molar-refractivity contribution is -0.137. The SMILES string of the molecule is COc1cn(-c2cccc(C(F)(F)F)c2)nc1C(=O)N1CCN(C(=O)CCC(C)C)CC1. The maximum Gasteiger partial charge on any atom is 0.416 e.